The first-order valence-electron chi connectivity index (χ1n) is 11.5. The van der Waals surface area contributed by atoms with Crippen molar-refractivity contribution in [3.05, 3.63) is 10.6 Å². The summed E-state index contributed by atoms with van der Waals surface area (Å²) in [4.78, 5) is 20.9. The summed E-state index contributed by atoms with van der Waals surface area (Å²) >= 11 is 1.31. The van der Waals surface area contributed by atoms with Gasteiger partial charge in [-0.1, -0.05) is 13.8 Å². The fraction of sp³-hybridized carbons (Fsp3) is 0.818. The van der Waals surface area contributed by atoms with Gasteiger partial charge in [0.25, 0.3) is 0 Å². The van der Waals surface area contributed by atoms with Crippen LogP contribution in [-0.4, -0.2) is 66.5 Å². The van der Waals surface area contributed by atoms with Crippen molar-refractivity contribution in [2.24, 2.45) is 16.7 Å². The zero-order chi connectivity index (χ0) is 23.3. The van der Waals surface area contributed by atoms with Gasteiger partial charge in [-0.15, -0.1) is 11.3 Å². The van der Waals surface area contributed by atoms with Crippen LogP contribution < -0.4 is 4.72 Å². The summed E-state index contributed by atoms with van der Waals surface area (Å²) in [6, 6.07) is 0. The van der Waals surface area contributed by atoms with E-state index in [1.807, 2.05) is 11.8 Å². The number of anilines is 1. The van der Waals surface area contributed by atoms with Gasteiger partial charge >= 0.3 is 0 Å². The standard InChI is InChI=1S/C22H35N3O5S2/c1-21-8-7-17(27)22(2,13-26)16(21)12-15-19(23-20(31-15)24-32(3,29)30)14(21)11-18(28)25-9-5-4-6-10-25/h14,16-17,26-27H,4-13H2,1-3H3,(H,23,24). The van der Waals surface area contributed by atoms with Crippen LogP contribution in [0.1, 0.15) is 68.9 Å². The van der Waals surface area contributed by atoms with Gasteiger partial charge in [0.15, 0.2) is 5.13 Å². The number of hydrogen-bond donors (Lipinski definition) is 3. The molecule has 1 saturated carbocycles. The van der Waals surface area contributed by atoms with Crippen LogP contribution in [0, 0.1) is 16.7 Å². The Hall–Kier alpha value is -1.23. The van der Waals surface area contributed by atoms with Crippen LogP contribution >= 0.6 is 11.3 Å². The van der Waals surface area contributed by atoms with Gasteiger partial charge in [-0.05, 0) is 49.9 Å². The summed E-state index contributed by atoms with van der Waals surface area (Å²) in [5.41, 5.74) is -0.209. The lowest BCUT2D eigenvalue weighted by Gasteiger charge is -2.58. The van der Waals surface area contributed by atoms with Crippen molar-refractivity contribution in [2.45, 2.75) is 70.8 Å². The van der Waals surface area contributed by atoms with Gasteiger partial charge in [-0.2, -0.15) is 0 Å². The molecule has 2 heterocycles. The smallest absolute Gasteiger partial charge is 0.231 e. The van der Waals surface area contributed by atoms with Crippen molar-refractivity contribution in [3.63, 3.8) is 0 Å². The van der Waals surface area contributed by atoms with E-state index in [-0.39, 0.29) is 29.8 Å². The summed E-state index contributed by atoms with van der Waals surface area (Å²) in [7, 11) is -3.47. The molecule has 2 aliphatic carbocycles. The first-order valence-corrected chi connectivity index (χ1v) is 14.2. The van der Waals surface area contributed by atoms with Gasteiger partial charge in [0.05, 0.1) is 24.7 Å². The van der Waals surface area contributed by atoms with Gasteiger partial charge in [0, 0.05) is 35.7 Å². The van der Waals surface area contributed by atoms with E-state index in [1.165, 1.54) is 11.3 Å². The molecular weight excluding hydrogens is 450 g/mol. The minimum atomic E-state index is -3.47. The quantitative estimate of drug-likeness (QED) is 0.589. The second-order valence-corrected chi connectivity index (χ2v) is 13.2. The average Bonchev–Trinajstić information content (AvgIpc) is 3.13. The molecule has 1 aromatic rings. The van der Waals surface area contributed by atoms with Crippen molar-refractivity contribution in [2.75, 3.05) is 30.7 Å². The van der Waals surface area contributed by atoms with Crippen molar-refractivity contribution >= 4 is 32.4 Å². The highest BCUT2D eigenvalue weighted by Gasteiger charge is 2.59. The number of aliphatic hydroxyl groups is 2. The molecule has 180 valence electrons. The zero-order valence-electron chi connectivity index (χ0n) is 19.1. The van der Waals surface area contributed by atoms with E-state index >= 15 is 0 Å². The molecule has 3 N–H and O–H groups in total. The first kappa shape index (κ1) is 23.9. The Kier molecular flexibility index (Phi) is 6.37. The molecule has 1 saturated heterocycles. The zero-order valence-corrected chi connectivity index (χ0v) is 20.8. The van der Waals surface area contributed by atoms with Crippen LogP contribution in [-0.2, 0) is 21.2 Å². The molecule has 3 aliphatic rings. The molecule has 2 fully saturated rings. The highest BCUT2D eigenvalue weighted by Crippen LogP contribution is 2.63. The molecule has 0 radical (unpaired) electrons. The largest absolute Gasteiger partial charge is 0.396 e. The number of likely N-dealkylation sites (tertiary alicyclic amines) is 1. The third kappa shape index (κ3) is 4.19. The average molecular weight is 486 g/mol. The fourth-order valence-electron chi connectivity index (χ4n) is 6.30. The monoisotopic (exact) mass is 485 g/mol. The summed E-state index contributed by atoms with van der Waals surface area (Å²) in [5.74, 6) is -0.109. The molecule has 1 aliphatic heterocycles. The Morgan fingerprint density at radius 2 is 1.97 bits per heavy atom. The van der Waals surface area contributed by atoms with Crippen LogP contribution in [0.25, 0.3) is 0 Å². The van der Waals surface area contributed by atoms with Crippen LogP contribution in [0.2, 0.25) is 0 Å². The van der Waals surface area contributed by atoms with E-state index in [0.29, 0.717) is 24.4 Å². The van der Waals surface area contributed by atoms with Gasteiger partial charge < -0.3 is 15.1 Å². The Bertz CT molecular complexity index is 974. The summed E-state index contributed by atoms with van der Waals surface area (Å²) in [6.07, 6.45) is 5.90. The molecule has 5 unspecified atom stereocenters. The number of aliphatic hydroxyl groups excluding tert-OH is 2. The molecule has 0 bridgehead atoms. The number of amides is 1. The van der Waals surface area contributed by atoms with E-state index in [4.69, 9.17) is 0 Å². The van der Waals surface area contributed by atoms with Crippen LogP contribution in [0.5, 0.6) is 0 Å². The molecule has 32 heavy (non-hydrogen) atoms. The molecule has 1 amide bonds. The molecule has 0 aromatic carbocycles. The van der Waals surface area contributed by atoms with Crippen molar-refractivity contribution in [3.8, 4) is 0 Å². The van der Waals surface area contributed by atoms with Gasteiger partial charge in [0.2, 0.25) is 15.9 Å². The highest BCUT2D eigenvalue weighted by atomic mass is 32.2. The van der Waals surface area contributed by atoms with Crippen molar-refractivity contribution in [1.82, 2.24) is 9.88 Å². The molecule has 0 spiro atoms. The highest BCUT2D eigenvalue weighted by molar-refractivity contribution is 7.92. The molecule has 1 aromatic heterocycles. The number of fused-ring (bicyclic) bond motifs is 2. The first-order chi connectivity index (χ1) is 15.0. The Balaban J connectivity index is 1.75. The predicted octanol–water partition coefficient (Wildman–Crippen LogP) is 2.33. The third-order valence-corrected chi connectivity index (χ3v) is 9.96. The lowest BCUT2D eigenvalue weighted by Crippen LogP contribution is -2.57. The number of piperidine rings is 1. The second-order valence-electron chi connectivity index (χ2n) is 10.4. The van der Waals surface area contributed by atoms with E-state index in [0.717, 1.165) is 55.6 Å². The molecule has 4 rings (SSSR count). The summed E-state index contributed by atoms with van der Waals surface area (Å²) < 4.78 is 26.1. The second kappa shape index (κ2) is 8.52. The van der Waals surface area contributed by atoms with Crippen molar-refractivity contribution in [1.29, 1.82) is 0 Å². The van der Waals surface area contributed by atoms with E-state index in [1.54, 1.807) is 0 Å². The van der Waals surface area contributed by atoms with Crippen LogP contribution in [0.3, 0.4) is 0 Å². The number of nitrogens with zero attached hydrogens (tertiary/aromatic N) is 2. The van der Waals surface area contributed by atoms with Crippen molar-refractivity contribution < 1.29 is 23.4 Å². The topological polar surface area (TPSA) is 120 Å². The number of thiazole rings is 1. The Morgan fingerprint density at radius 1 is 1.28 bits per heavy atom. The van der Waals surface area contributed by atoms with Crippen LogP contribution in [0.15, 0.2) is 0 Å². The van der Waals surface area contributed by atoms with E-state index in [2.05, 4.69) is 16.6 Å². The van der Waals surface area contributed by atoms with Gasteiger partial charge in [0.1, 0.15) is 0 Å². The Labute approximate surface area is 194 Å². The normalized spacial score (nSPS) is 35.2. The van der Waals surface area contributed by atoms with E-state index < -0.39 is 21.5 Å². The predicted molar refractivity (Wildman–Crippen MR) is 124 cm³/mol. The third-order valence-electron chi connectivity index (χ3n) is 8.25. The molecular formula is C22H35N3O5S2. The maximum Gasteiger partial charge on any atom is 0.231 e. The summed E-state index contributed by atoms with van der Waals surface area (Å²) in [5, 5.41) is 21.5. The maximum atomic E-state index is 13.3. The minimum absolute atomic E-state index is 0.0399. The van der Waals surface area contributed by atoms with Gasteiger partial charge in [-0.25, -0.2) is 13.4 Å². The lowest BCUT2D eigenvalue weighted by atomic mass is 9.47. The maximum absolute atomic E-state index is 13.3. The van der Waals surface area contributed by atoms with Crippen LogP contribution in [0.4, 0.5) is 5.13 Å². The number of hydrogen-bond acceptors (Lipinski definition) is 7. The number of carbonyl (C=O) groups is 1. The molecule has 8 nitrogen and oxygen atoms in total. The summed E-state index contributed by atoms with van der Waals surface area (Å²) in [6.45, 7) is 5.53. The Morgan fingerprint density at radius 3 is 2.59 bits per heavy atom. The SMILES string of the molecule is CC1(CO)C(O)CCC2(C)C(CC(=O)N3CCCCC3)c3nc(NS(C)(=O)=O)sc3CC12. The van der Waals surface area contributed by atoms with Gasteiger partial charge in [-0.3, -0.25) is 9.52 Å². The lowest BCUT2D eigenvalue weighted by molar-refractivity contribution is -0.147. The minimum Gasteiger partial charge on any atom is -0.396 e. The fourth-order valence-corrected chi connectivity index (χ4v) is 8.20. The molecule has 10 heteroatoms. The number of carbonyl (C=O) groups excluding carboxylic acids is 1. The van der Waals surface area contributed by atoms with E-state index in [9.17, 15) is 23.4 Å². The number of rotatable bonds is 5. The number of aromatic nitrogens is 1. The molecule has 5 atom stereocenters. The number of nitrogens with one attached hydrogen (secondary N) is 1. The number of sulfonamides is 1.